The summed E-state index contributed by atoms with van der Waals surface area (Å²) < 4.78 is 10.6. The summed E-state index contributed by atoms with van der Waals surface area (Å²) >= 11 is 11.9. The molecule has 2 amide bonds. The molecular formula is C23H17Cl2N3O5. The lowest BCUT2D eigenvalue weighted by atomic mass is 10.2. The van der Waals surface area contributed by atoms with Gasteiger partial charge in [0.15, 0.2) is 11.5 Å². The van der Waals surface area contributed by atoms with Crippen LogP contribution in [0.25, 0.3) is 0 Å². The first-order chi connectivity index (χ1) is 15.9. The molecule has 0 saturated carbocycles. The molecule has 0 unspecified atom stereocenters. The summed E-state index contributed by atoms with van der Waals surface area (Å²) in [4.78, 5) is 36.2. The smallest absolute Gasteiger partial charge is 0.343 e. The number of hydrogen-bond acceptors (Lipinski definition) is 6. The lowest BCUT2D eigenvalue weighted by Crippen LogP contribution is -2.32. The summed E-state index contributed by atoms with van der Waals surface area (Å²) in [7, 11) is 1.42. The van der Waals surface area contributed by atoms with Crippen LogP contribution in [-0.2, 0) is 9.59 Å². The summed E-state index contributed by atoms with van der Waals surface area (Å²) in [6.07, 6.45) is 1.29. The van der Waals surface area contributed by atoms with E-state index in [1.54, 1.807) is 54.6 Å². The van der Waals surface area contributed by atoms with Gasteiger partial charge in [-0.3, -0.25) is 9.59 Å². The molecule has 0 atom stereocenters. The van der Waals surface area contributed by atoms with Gasteiger partial charge >= 0.3 is 17.8 Å². The number of amides is 2. The van der Waals surface area contributed by atoms with Crippen molar-refractivity contribution in [3.63, 3.8) is 0 Å². The molecule has 168 valence electrons. The van der Waals surface area contributed by atoms with E-state index in [9.17, 15) is 14.4 Å². The van der Waals surface area contributed by atoms with E-state index < -0.39 is 17.8 Å². The molecule has 33 heavy (non-hydrogen) atoms. The highest BCUT2D eigenvalue weighted by molar-refractivity contribution is 6.45. The van der Waals surface area contributed by atoms with Crippen molar-refractivity contribution in [3.8, 4) is 11.5 Å². The standard InChI is InChI=1S/C23H17Cl2N3O5/c1-32-19-12-14(10-11-18(19)33-23(31)15-6-3-2-4-7-15)13-26-28-22(30)21(29)27-17-9-5-8-16(24)20(17)25/h2-13H,1H3,(H,27,29)(H,28,30)/b26-13+. The lowest BCUT2D eigenvalue weighted by molar-refractivity contribution is -0.136. The number of anilines is 1. The van der Waals surface area contributed by atoms with Crippen molar-refractivity contribution in [2.75, 3.05) is 12.4 Å². The van der Waals surface area contributed by atoms with Crippen molar-refractivity contribution < 1.29 is 23.9 Å². The Bertz CT molecular complexity index is 1220. The first-order valence-corrected chi connectivity index (χ1v) is 10.2. The predicted molar refractivity (Wildman–Crippen MR) is 125 cm³/mol. The summed E-state index contributed by atoms with van der Waals surface area (Å²) in [6.45, 7) is 0. The Morgan fingerprint density at radius 2 is 1.67 bits per heavy atom. The molecule has 10 heteroatoms. The maximum absolute atomic E-state index is 12.2. The number of benzene rings is 3. The van der Waals surface area contributed by atoms with E-state index in [2.05, 4.69) is 15.8 Å². The van der Waals surface area contributed by atoms with Crippen LogP contribution in [0, 0.1) is 0 Å². The number of methoxy groups -OCH3 is 1. The van der Waals surface area contributed by atoms with Crippen molar-refractivity contribution >= 4 is 52.9 Å². The minimum absolute atomic E-state index is 0.115. The number of ether oxygens (including phenoxy) is 2. The molecule has 0 radical (unpaired) electrons. The number of nitrogens with zero attached hydrogens (tertiary/aromatic N) is 1. The Balaban J connectivity index is 1.61. The first-order valence-electron chi connectivity index (χ1n) is 9.42. The molecule has 0 heterocycles. The molecule has 0 aliphatic rings. The number of hydrazone groups is 1. The fourth-order valence-electron chi connectivity index (χ4n) is 2.58. The fraction of sp³-hybridized carbons (Fsp3) is 0.0435. The van der Waals surface area contributed by atoms with Gasteiger partial charge in [-0.1, -0.05) is 47.5 Å². The molecule has 2 N–H and O–H groups in total. The topological polar surface area (TPSA) is 106 Å². The molecule has 8 nitrogen and oxygen atoms in total. The molecule has 0 aliphatic carbocycles. The number of nitrogens with one attached hydrogen (secondary N) is 2. The SMILES string of the molecule is COc1cc(/C=N/NC(=O)C(=O)Nc2cccc(Cl)c2Cl)ccc1OC(=O)c1ccccc1. The van der Waals surface area contributed by atoms with Gasteiger partial charge in [0, 0.05) is 0 Å². The normalized spacial score (nSPS) is 10.5. The average molecular weight is 486 g/mol. The van der Waals surface area contributed by atoms with E-state index in [1.165, 1.54) is 25.5 Å². The van der Waals surface area contributed by atoms with E-state index in [0.717, 1.165) is 0 Å². The van der Waals surface area contributed by atoms with Crippen LogP contribution >= 0.6 is 23.2 Å². The first kappa shape index (κ1) is 23.8. The zero-order chi connectivity index (χ0) is 23.8. The second-order valence-electron chi connectivity index (χ2n) is 6.42. The molecule has 0 bridgehead atoms. The second-order valence-corrected chi connectivity index (χ2v) is 7.21. The number of carbonyl (C=O) groups is 3. The van der Waals surface area contributed by atoms with Crippen molar-refractivity contribution in [3.05, 3.63) is 87.9 Å². The van der Waals surface area contributed by atoms with Crippen LogP contribution in [0.3, 0.4) is 0 Å². The third kappa shape index (κ3) is 6.31. The lowest BCUT2D eigenvalue weighted by Gasteiger charge is -2.10. The highest BCUT2D eigenvalue weighted by Gasteiger charge is 2.16. The average Bonchev–Trinajstić information content (AvgIpc) is 2.83. The summed E-state index contributed by atoms with van der Waals surface area (Å²) in [5.41, 5.74) is 3.21. The zero-order valence-electron chi connectivity index (χ0n) is 17.2. The van der Waals surface area contributed by atoms with Gasteiger partial charge in [0.1, 0.15) is 0 Å². The molecule has 0 aliphatic heterocycles. The van der Waals surface area contributed by atoms with Crippen LogP contribution in [0.2, 0.25) is 10.0 Å². The van der Waals surface area contributed by atoms with Crippen molar-refractivity contribution in [1.82, 2.24) is 5.43 Å². The van der Waals surface area contributed by atoms with Crippen molar-refractivity contribution in [1.29, 1.82) is 0 Å². The van der Waals surface area contributed by atoms with Crippen LogP contribution in [-0.4, -0.2) is 31.1 Å². The van der Waals surface area contributed by atoms with Gasteiger partial charge in [0.25, 0.3) is 0 Å². The van der Waals surface area contributed by atoms with Gasteiger partial charge in [0.05, 0.1) is 34.6 Å². The van der Waals surface area contributed by atoms with E-state index in [0.29, 0.717) is 11.1 Å². The summed E-state index contributed by atoms with van der Waals surface area (Å²) in [6, 6.07) is 17.8. The van der Waals surface area contributed by atoms with Crippen LogP contribution in [0.4, 0.5) is 5.69 Å². The molecule has 3 aromatic rings. The Labute approximate surface area is 199 Å². The third-order valence-electron chi connectivity index (χ3n) is 4.19. The largest absolute Gasteiger partial charge is 0.493 e. The van der Waals surface area contributed by atoms with E-state index in [4.69, 9.17) is 32.7 Å². The number of esters is 1. The van der Waals surface area contributed by atoms with Gasteiger partial charge in [-0.05, 0) is 48.0 Å². The highest BCUT2D eigenvalue weighted by Crippen LogP contribution is 2.30. The van der Waals surface area contributed by atoms with Crippen LogP contribution in [0.5, 0.6) is 11.5 Å². The number of rotatable bonds is 6. The minimum Gasteiger partial charge on any atom is -0.493 e. The number of carbonyl (C=O) groups excluding carboxylic acids is 3. The van der Waals surface area contributed by atoms with Gasteiger partial charge in [0.2, 0.25) is 0 Å². The quantitative estimate of drug-likeness (QED) is 0.178. The Hall–Kier alpha value is -3.88. The maximum Gasteiger partial charge on any atom is 0.343 e. The van der Waals surface area contributed by atoms with Crippen molar-refractivity contribution in [2.45, 2.75) is 0 Å². The molecule has 0 aromatic heterocycles. The van der Waals surface area contributed by atoms with Gasteiger partial charge in [-0.2, -0.15) is 5.10 Å². The number of hydrogen-bond donors (Lipinski definition) is 2. The second kappa shape index (κ2) is 11.1. The van der Waals surface area contributed by atoms with Gasteiger partial charge in [-0.15, -0.1) is 0 Å². The Kier molecular flexibility index (Phi) is 8.01. The Morgan fingerprint density at radius 3 is 2.39 bits per heavy atom. The summed E-state index contributed by atoms with van der Waals surface area (Å²) in [5.74, 6) is -2.03. The van der Waals surface area contributed by atoms with E-state index in [-0.39, 0.29) is 27.2 Å². The molecule has 3 rings (SSSR count). The van der Waals surface area contributed by atoms with Gasteiger partial charge < -0.3 is 14.8 Å². The molecule has 3 aromatic carbocycles. The number of halogens is 2. The zero-order valence-corrected chi connectivity index (χ0v) is 18.7. The van der Waals surface area contributed by atoms with Crippen LogP contribution in [0.15, 0.2) is 71.8 Å². The monoisotopic (exact) mass is 485 g/mol. The molecule has 0 fully saturated rings. The predicted octanol–water partition coefficient (Wildman–Crippen LogP) is 4.31. The highest BCUT2D eigenvalue weighted by atomic mass is 35.5. The van der Waals surface area contributed by atoms with Crippen LogP contribution in [0.1, 0.15) is 15.9 Å². The Morgan fingerprint density at radius 1 is 0.909 bits per heavy atom. The fourth-order valence-corrected chi connectivity index (χ4v) is 2.93. The van der Waals surface area contributed by atoms with Gasteiger partial charge in [-0.25, -0.2) is 10.2 Å². The summed E-state index contributed by atoms with van der Waals surface area (Å²) in [5, 5.41) is 6.45. The molecule has 0 saturated heterocycles. The molecule has 0 spiro atoms. The minimum atomic E-state index is -1.01. The van der Waals surface area contributed by atoms with E-state index >= 15 is 0 Å². The van der Waals surface area contributed by atoms with E-state index in [1.807, 2.05) is 0 Å². The van der Waals surface area contributed by atoms with Crippen molar-refractivity contribution in [2.24, 2.45) is 5.10 Å². The van der Waals surface area contributed by atoms with Crippen LogP contribution < -0.4 is 20.2 Å². The third-order valence-corrected chi connectivity index (χ3v) is 5.00. The molecular weight excluding hydrogens is 469 g/mol. The maximum atomic E-state index is 12.2.